The summed E-state index contributed by atoms with van der Waals surface area (Å²) in [6.45, 7) is 5.96. The van der Waals surface area contributed by atoms with Gasteiger partial charge >= 0.3 is 0 Å². The van der Waals surface area contributed by atoms with Crippen molar-refractivity contribution in [3.05, 3.63) is 35.9 Å². The van der Waals surface area contributed by atoms with Gasteiger partial charge in [0.15, 0.2) is 0 Å². The number of piperazine rings is 1. The molecule has 1 aliphatic carbocycles. The summed E-state index contributed by atoms with van der Waals surface area (Å²) >= 11 is 0. The number of nitrogens with zero attached hydrogens (tertiary/aromatic N) is 2. The topological polar surface area (TPSA) is 64.7 Å². The van der Waals surface area contributed by atoms with Crippen LogP contribution in [0.2, 0.25) is 0 Å². The lowest BCUT2D eigenvalue weighted by Crippen LogP contribution is -2.50. The average Bonchev–Trinajstić information content (AvgIpc) is 3.17. The maximum absolute atomic E-state index is 13.3. The van der Waals surface area contributed by atoms with E-state index in [2.05, 4.69) is 15.5 Å². The van der Waals surface area contributed by atoms with Crippen LogP contribution in [0, 0.1) is 5.92 Å². The molecular weight excluding hydrogens is 364 g/mol. The lowest BCUT2D eigenvalue weighted by Gasteiger charge is -2.33. The van der Waals surface area contributed by atoms with Crippen molar-refractivity contribution in [2.45, 2.75) is 50.6 Å². The van der Waals surface area contributed by atoms with Crippen molar-refractivity contribution in [2.75, 3.05) is 39.3 Å². The van der Waals surface area contributed by atoms with Crippen LogP contribution < -0.4 is 10.6 Å². The first-order valence-electron chi connectivity index (χ1n) is 11.3. The fourth-order valence-electron chi connectivity index (χ4n) is 5.28. The molecule has 0 aromatic heterocycles. The molecule has 3 aliphatic rings. The summed E-state index contributed by atoms with van der Waals surface area (Å²) in [6, 6.07) is 9.33. The van der Waals surface area contributed by atoms with E-state index >= 15 is 0 Å². The van der Waals surface area contributed by atoms with Crippen molar-refractivity contribution in [1.82, 2.24) is 20.4 Å². The quantitative estimate of drug-likeness (QED) is 0.718. The molecule has 3 fully saturated rings. The van der Waals surface area contributed by atoms with Gasteiger partial charge in [-0.05, 0) is 50.3 Å². The highest BCUT2D eigenvalue weighted by molar-refractivity contribution is 5.98. The van der Waals surface area contributed by atoms with E-state index in [1.54, 1.807) is 0 Å². The number of benzene rings is 1. The molecule has 158 valence electrons. The van der Waals surface area contributed by atoms with E-state index in [1.165, 1.54) is 6.42 Å². The van der Waals surface area contributed by atoms with E-state index in [1.807, 2.05) is 35.2 Å². The number of carbonyl (C=O) groups is 2. The maximum atomic E-state index is 13.3. The minimum Gasteiger partial charge on any atom is -0.354 e. The zero-order chi connectivity index (χ0) is 20.1. The van der Waals surface area contributed by atoms with Crippen LogP contribution in [0.3, 0.4) is 0 Å². The van der Waals surface area contributed by atoms with Crippen molar-refractivity contribution >= 4 is 11.8 Å². The van der Waals surface area contributed by atoms with Gasteiger partial charge in [0.2, 0.25) is 5.91 Å². The van der Waals surface area contributed by atoms with Crippen LogP contribution in [0.1, 0.15) is 48.9 Å². The molecule has 0 radical (unpaired) electrons. The van der Waals surface area contributed by atoms with Gasteiger partial charge in [-0.25, -0.2) is 0 Å². The van der Waals surface area contributed by atoms with Gasteiger partial charge in [0.25, 0.3) is 5.91 Å². The third kappa shape index (κ3) is 4.81. The zero-order valence-electron chi connectivity index (χ0n) is 17.3. The molecule has 2 heterocycles. The van der Waals surface area contributed by atoms with Gasteiger partial charge in [-0.15, -0.1) is 0 Å². The van der Waals surface area contributed by atoms with Gasteiger partial charge in [0, 0.05) is 44.3 Å². The summed E-state index contributed by atoms with van der Waals surface area (Å²) < 4.78 is 0. The average molecular weight is 399 g/mol. The third-order valence-electron chi connectivity index (χ3n) is 6.81. The Morgan fingerprint density at radius 1 is 1.07 bits per heavy atom. The van der Waals surface area contributed by atoms with Crippen molar-refractivity contribution < 1.29 is 9.59 Å². The Bertz CT molecular complexity index is 689. The van der Waals surface area contributed by atoms with Crippen LogP contribution in [-0.4, -0.2) is 73.0 Å². The van der Waals surface area contributed by atoms with E-state index in [9.17, 15) is 9.59 Å². The Kier molecular flexibility index (Phi) is 6.82. The Labute approximate surface area is 174 Å². The monoisotopic (exact) mass is 398 g/mol. The van der Waals surface area contributed by atoms with Crippen molar-refractivity contribution in [3.63, 3.8) is 0 Å². The first-order valence-corrected chi connectivity index (χ1v) is 11.3. The number of carbonyl (C=O) groups excluding carboxylic acids is 2. The maximum Gasteiger partial charge on any atom is 0.254 e. The summed E-state index contributed by atoms with van der Waals surface area (Å²) in [5.41, 5.74) is 0.690. The largest absolute Gasteiger partial charge is 0.354 e. The Hall–Kier alpha value is -1.92. The van der Waals surface area contributed by atoms with Gasteiger partial charge in [-0.2, -0.15) is 0 Å². The molecule has 1 aromatic carbocycles. The SMILES string of the molecule is O=C(NCCCN1CCNCC1)C1CC2CCCCC2N1C(=O)c1ccccc1. The van der Waals surface area contributed by atoms with E-state index in [0.717, 1.165) is 64.8 Å². The van der Waals surface area contributed by atoms with Crippen LogP contribution in [-0.2, 0) is 4.79 Å². The summed E-state index contributed by atoms with van der Waals surface area (Å²) in [6.07, 6.45) is 6.29. The van der Waals surface area contributed by atoms with Crippen molar-refractivity contribution in [2.24, 2.45) is 5.92 Å². The third-order valence-corrected chi connectivity index (χ3v) is 6.81. The summed E-state index contributed by atoms with van der Waals surface area (Å²) in [5, 5.41) is 6.50. The Morgan fingerprint density at radius 3 is 2.62 bits per heavy atom. The van der Waals surface area contributed by atoms with Crippen LogP contribution in [0.5, 0.6) is 0 Å². The van der Waals surface area contributed by atoms with Gasteiger partial charge in [0.1, 0.15) is 6.04 Å². The number of hydrogen-bond donors (Lipinski definition) is 2. The number of amides is 2. The number of rotatable bonds is 6. The lowest BCUT2D eigenvalue weighted by molar-refractivity contribution is -0.125. The second-order valence-electron chi connectivity index (χ2n) is 8.68. The highest BCUT2D eigenvalue weighted by Crippen LogP contribution is 2.40. The Balaban J connectivity index is 1.37. The molecular formula is C23H34N4O2. The molecule has 1 saturated carbocycles. The molecule has 2 amide bonds. The van der Waals surface area contributed by atoms with Crippen LogP contribution >= 0.6 is 0 Å². The van der Waals surface area contributed by atoms with Crippen LogP contribution in [0.15, 0.2) is 30.3 Å². The molecule has 0 bridgehead atoms. The molecule has 2 N–H and O–H groups in total. The molecule has 1 aromatic rings. The minimum absolute atomic E-state index is 0.0148. The predicted octanol–water partition coefficient (Wildman–Crippen LogP) is 1.87. The van der Waals surface area contributed by atoms with Crippen molar-refractivity contribution in [1.29, 1.82) is 0 Å². The fraction of sp³-hybridized carbons (Fsp3) is 0.652. The molecule has 29 heavy (non-hydrogen) atoms. The summed E-state index contributed by atoms with van der Waals surface area (Å²) in [4.78, 5) is 30.7. The molecule has 3 atom stereocenters. The lowest BCUT2D eigenvalue weighted by atomic mass is 9.84. The minimum atomic E-state index is -0.324. The Morgan fingerprint density at radius 2 is 1.83 bits per heavy atom. The molecule has 4 rings (SSSR count). The zero-order valence-corrected chi connectivity index (χ0v) is 17.3. The first kappa shape index (κ1) is 20.4. The number of likely N-dealkylation sites (tertiary alicyclic amines) is 1. The van der Waals surface area contributed by atoms with E-state index in [4.69, 9.17) is 0 Å². The standard InChI is InChI=1S/C23H34N4O2/c28-22(25-11-6-14-26-15-12-24-13-16-26)21-17-19-9-4-5-10-20(19)27(21)23(29)18-7-2-1-3-8-18/h1-3,7-8,19-21,24H,4-6,9-17H2,(H,25,28). The predicted molar refractivity (Wildman–Crippen MR) is 114 cm³/mol. The second kappa shape index (κ2) is 9.72. The fourth-order valence-corrected chi connectivity index (χ4v) is 5.28. The summed E-state index contributed by atoms with van der Waals surface area (Å²) in [7, 11) is 0. The molecule has 3 unspecified atom stereocenters. The molecule has 2 aliphatic heterocycles. The molecule has 6 nitrogen and oxygen atoms in total. The highest BCUT2D eigenvalue weighted by atomic mass is 16.2. The number of nitrogens with one attached hydrogen (secondary N) is 2. The van der Waals surface area contributed by atoms with Crippen LogP contribution in [0.4, 0.5) is 0 Å². The van der Waals surface area contributed by atoms with Gasteiger partial charge in [-0.1, -0.05) is 31.0 Å². The van der Waals surface area contributed by atoms with Crippen LogP contribution in [0.25, 0.3) is 0 Å². The summed E-state index contributed by atoms with van der Waals surface area (Å²) in [5.74, 6) is 0.512. The van der Waals surface area contributed by atoms with E-state index in [-0.39, 0.29) is 23.9 Å². The van der Waals surface area contributed by atoms with Gasteiger partial charge in [0.05, 0.1) is 0 Å². The van der Waals surface area contributed by atoms with E-state index < -0.39 is 0 Å². The van der Waals surface area contributed by atoms with Crippen molar-refractivity contribution in [3.8, 4) is 0 Å². The second-order valence-corrected chi connectivity index (χ2v) is 8.68. The number of hydrogen-bond acceptors (Lipinski definition) is 4. The first-order chi connectivity index (χ1) is 14.2. The smallest absolute Gasteiger partial charge is 0.254 e. The van der Waals surface area contributed by atoms with E-state index in [0.29, 0.717) is 18.0 Å². The molecule has 2 saturated heterocycles. The molecule has 6 heteroatoms. The van der Waals surface area contributed by atoms with Gasteiger partial charge in [-0.3, -0.25) is 9.59 Å². The number of fused-ring (bicyclic) bond motifs is 1. The molecule has 0 spiro atoms. The normalized spacial score (nSPS) is 27.4. The highest BCUT2D eigenvalue weighted by Gasteiger charge is 2.47. The van der Waals surface area contributed by atoms with Gasteiger partial charge < -0.3 is 20.4 Å².